The number of ether oxygens (including phenoxy) is 6. The zero-order valence-electron chi connectivity index (χ0n) is 24.6. The fraction of sp³-hybridized carbons (Fsp3) is 0.312. The maximum atomic E-state index is 13.5. The van der Waals surface area contributed by atoms with Crippen molar-refractivity contribution in [2.75, 3.05) is 34.7 Å². The van der Waals surface area contributed by atoms with Gasteiger partial charge in [-0.3, -0.25) is 9.59 Å². The highest BCUT2D eigenvalue weighted by atomic mass is 35.5. The van der Waals surface area contributed by atoms with Gasteiger partial charge in [-0.25, -0.2) is 4.68 Å². The Morgan fingerprint density at radius 1 is 1.00 bits per heavy atom. The molecule has 4 aromatic rings. The fourth-order valence-corrected chi connectivity index (χ4v) is 6.82. The van der Waals surface area contributed by atoms with E-state index in [9.17, 15) is 9.59 Å². The van der Waals surface area contributed by atoms with E-state index in [2.05, 4.69) is 15.6 Å². The van der Waals surface area contributed by atoms with Crippen molar-refractivity contribution in [2.24, 2.45) is 11.8 Å². The Labute approximate surface area is 263 Å². The minimum Gasteiger partial charge on any atom is -0.493 e. The minimum absolute atomic E-state index is 0.0885. The van der Waals surface area contributed by atoms with Gasteiger partial charge < -0.3 is 33.7 Å². The molecule has 1 fully saturated rings. The lowest BCUT2D eigenvalue weighted by Gasteiger charge is -2.39. The molecule has 0 saturated carbocycles. The topological polar surface area (TPSA) is 132 Å². The Bertz CT molecular complexity index is 1780. The van der Waals surface area contributed by atoms with Crippen molar-refractivity contribution in [1.29, 1.82) is 0 Å². The molecule has 45 heavy (non-hydrogen) atoms. The van der Waals surface area contributed by atoms with Crippen molar-refractivity contribution in [3.63, 3.8) is 0 Å². The zero-order valence-corrected chi connectivity index (χ0v) is 25.4. The number of nitrogens with zero attached hydrogens (tertiary/aromatic N) is 3. The van der Waals surface area contributed by atoms with Crippen molar-refractivity contribution in [3.05, 3.63) is 87.7 Å². The molecule has 3 aliphatic rings. The first-order valence-corrected chi connectivity index (χ1v) is 14.6. The Kier molecular flexibility index (Phi) is 7.36. The number of amides is 1. The molecule has 3 aromatic carbocycles. The summed E-state index contributed by atoms with van der Waals surface area (Å²) in [6.45, 7) is 0.398. The molecule has 1 amide bonds. The van der Waals surface area contributed by atoms with Gasteiger partial charge in [0.05, 0.1) is 63.2 Å². The van der Waals surface area contributed by atoms with Crippen LogP contribution in [0.5, 0.6) is 28.7 Å². The number of fused-ring (bicyclic) bond motifs is 3. The maximum absolute atomic E-state index is 13.5. The summed E-state index contributed by atoms with van der Waals surface area (Å²) >= 11 is 6.19. The average Bonchev–Trinajstić information content (AvgIpc) is 3.81. The van der Waals surface area contributed by atoms with Crippen LogP contribution in [0.3, 0.4) is 0 Å². The number of esters is 1. The van der Waals surface area contributed by atoms with Gasteiger partial charge in [0.15, 0.2) is 23.0 Å². The largest absolute Gasteiger partial charge is 0.493 e. The van der Waals surface area contributed by atoms with Crippen LogP contribution in [-0.4, -0.2) is 61.6 Å². The van der Waals surface area contributed by atoms with Crippen LogP contribution in [0.4, 0.5) is 0 Å². The van der Waals surface area contributed by atoms with E-state index in [1.54, 1.807) is 56.5 Å². The first-order chi connectivity index (χ1) is 21.9. The standard InChI is InChI=1S/C32H29ClN4O8/c1-40-25-8-16(9-26(41-2)30(25)42-3)27-19-10-23-24(45-15-44-23)11-20(19)29(21-14-43-32(39)28(21)27)37-13-17(35-36-37)12-34-31(38)18-6-4-5-7-22(18)33/h4-11,13,21,27-29H,12,14-15H2,1-3H3,(H,34,38)/t21-,27+,28-,29-/m0/s1. The molecule has 1 saturated heterocycles. The van der Waals surface area contributed by atoms with Crippen LogP contribution >= 0.6 is 11.6 Å². The minimum atomic E-state index is -0.571. The molecule has 1 N–H and O–H groups in total. The average molecular weight is 633 g/mol. The second-order valence-corrected chi connectivity index (χ2v) is 11.3. The number of halogens is 1. The summed E-state index contributed by atoms with van der Waals surface area (Å²) in [6.07, 6.45) is 1.77. The second-order valence-electron chi connectivity index (χ2n) is 10.9. The number of aromatic nitrogens is 3. The Hall–Kier alpha value is -4.97. The summed E-state index contributed by atoms with van der Waals surface area (Å²) in [4.78, 5) is 26.3. The van der Waals surface area contributed by atoms with Crippen molar-refractivity contribution in [2.45, 2.75) is 18.5 Å². The molecule has 7 rings (SSSR count). The number of methoxy groups -OCH3 is 3. The highest BCUT2D eigenvalue weighted by Crippen LogP contribution is 2.56. The van der Waals surface area contributed by atoms with Crippen LogP contribution in [0, 0.1) is 11.8 Å². The van der Waals surface area contributed by atoms with Gasteiger partial charge in [-0.15, -0.1) is 5.10 Å². The number of carbonyl (C=O) groups is 2. The smallest absolute Gasteiger partial charge is 0.310 e. The fourth-order valence-electron chi connectivity index (χ4n) is 6.60. The van der Waals surface area contributed by atoms with Gasteiger partial charge in [-0.1, -0.05) is 28.9 Å². The maximum Gasteiger partial charge on any atom is 0.310 e. The molecule has 0 bridgehead atoms. The van der Waals surface area contributed by atoms with E-state index in [0.29, 0.717) is 45.0 Å². The summed E-state index contributed by atoms with van der Waals surface area (Å²) in [5.74, 6) is 0.615. The molecule has 232 valence electrons. The molecule has 13 heteroatoms. The molecule has 12 nitrogen and oxygen atoms in total. The third-order valence-corrected chi connectivity index (χ3v) is 8.92. The first kappa shape index (κ1) is 28.8. The third-order valence-electron chi connectivity index (χ3n) is 8.59. The normalized spacial score (nSPS) is 21.0. The summed E-state index contributed by atoms with van der Waals surface area (Å²) < 4.78 is 35.8. The monoisotopic (exact) mass is 632 g/mol. The van der Waals surface area contributed by atoms with Crippen LogP contribution in [0.15, 0.2) is 54.7 Å². The molecule has 3 heterocycles. The lowest BCUT2D eigenvalue weighted by molar-refractivity contribution is -0.141. The summed E-state index contributed by atoms with van der Waals surface area (Å²) in [6, 6.07) is 14.0. The Balaban J connectivity index is 1.30. The number of hydrogen-bond donors (Lipinski definition) is 1. The lowest BCUT2D eigenvalue weighted by atomic mass is 9.65. The van der Waals surface area contributed by atoms with Crippen LogP contribution < -0.4 is 29.0 Å². The number of nitrogens with one attached hydrogen (secondary N) is 1. The molecule has 2 aliphatic heterocycles. The SMILES string of the molecule is COc1cc([C@@H]2c3cc4c(cc3[C@H](n3cc(CNC(=O)c5ccccc5Cl)nn3)[C@H]3COC(=O)[C@H]23)OCO4)cc(OC)c1OC. The summed E-state index contributed by atoms with van der Waals surface area (Å²) in [5.41, 5.74) is 3.42. The van der Waals surface area contributed by atoms with Gasteiger partial charge in [0, 0.05) is 11.8 Å². The Morgan fingerprint density at radius 2 is 1.71 bits per heavy atom. The van der Waals surface area contributed by atoms with Gasteiger partial charge in [0.25, 0.3) is 5.91 Å². The molecular formula is C32H29ClN4O8. The third kappa shape index (κ3) is 4.85. The van der Waals surface area contributed by atoms with E-state index in [0.717, 1.165) is 16.7 Å². The quantitative estimate of drug-likeness (QED) is 0.283. The van der Waals surface area contributed by atoms with Gasteiger partial charge in [-0.2, -0.15) is 0 Å². The van der Waals surface area contributed by atoms with E-state index in [4.69, 9.17) is 40.0 Å². The van der Waals surface area contributed by atoms with E-state index < -0.39 is 17.9 Å². The highest BCUT2D eigenvalue weighted by Gasteiger charge is 2.53. The van der Waals surface area contributed by atoms with E-state index >= 15 is 0 Å². The molecule has 0 spiro atoms. The number of carbonyl (C=O) groups excluding carboxylic acids is 2. The first-order valence-electron chi connectivity index (χ1n) is 14.2. The summed E-state index contributed by atoms with van der Waals surface area (Å²) in [7, 11) is 4.64. The van der Waals surface area contributed by atoms with Crippen LogP contribution in [-0.2, 0) is 16.1 Å². The van der Waals surface area contributed by atoms with Crippen LogP contribution in [0.1, 0.15) is 44.7 Å². The van der Waals surface area contributed by atoms with E-state index in [1.807, 2.05) is 24.3 Å². The van der Waals surface area contributed by atoms with Crippen molar-refractivity contribution in [1.82, 2.24) is 20.3 Å². The highest BCUT2D eigenvalue weighted by molar-refractivity contribution is 6.33. The van der Waals surface area contributed by atoms with Gasteiger partial charge >= 0.3 is 5.97 Å². The van der Waals surface area contributed by atoms with Gasteiger partial charge in [0.1, 0.15) is 5.69 Å². The molecule has 0 unspecified atom stereocenters. The Morgan fingerprint density at radius 3 is 2.40 bits per heavy atom. The van der Waals surface area contributed by atoms with Crippen molar-refractivity contribution < 1.29 is 38.0 Å². The van der Waals surface area contributed by atoms with E-state index in [1.165, 1.54) is 0 Å². The molecule has 0 radical (unpaired) electrons. The molecule has 1 aliphatic carbocycles. The van der Waals surface area contributed by atoms with Crippen molar-refractivity contribution in [3.8, 4) is 28.7 Å². The predicted octanol–water partition coefficient (Wildman–Crippen LogP) is 4.14. The van der Waals surface area contributed by atoms with Crippen LogP contribution in [0.2, 0.25) is 5.02 Å². The predicted molar refractivity (Wildman–Crippen MR) is 159 cm³/mol. The molecule has 4 atom stereocenters. The number of hydrogen-bond acceptors (Lipinski definition) is 10. The van der Waals surface area contributed by atoms with Gasteiger partial charge in [-0.05, 0) is 53.1 Å². The van der Waals surface area contributed by atoms with Crippen molar-refractivity contribution >= 4 is 23.5 Å². The molecule has 1 aromatic heterocycles. The number of cyclic esters (lactones) is 1. The number of benzene rings is 3. The summed E-state index contributed by atoms with van der Waals surface area (Å²) in [5, 5.41) is 12.0. The number of rotatable bonds is 8. The van der Waals surface area contributed by atoms with E-state index in [-0.39, 0.29) is 37.7 Å². The van der Waals surface area contributed by atoms with Gasteiger partial charge in [0.2, 0.25) is 12.5 Å². The zero-order chi connectivity index (χ0) is 31.2. The van der Waals surface area contributed by atoms with Crippen LogP contribution in [0.25, 0.3) is 0 Å². The second kappa shape index (κ2) is 11.5. The lowest BCUT2D eigenvalue weighted by Crippen LogP contribution is -2.37. The molecular weight excluding hydrogens is 604 g/mol.